The van der Waals surface area contributed by atoms with E-state index in [2.05, 4.69) is 11.3 Å². The van der Waals surface area contributed by atoms with Crippen LogP contribution in [0.15, 0.2) is 12.2 Å². The highest BCUT2D eigenvalue weighted by molar-refractivity contribution is 7.90. The van der Waals surface area contributed by atoms with Gasteiger partial charge in [-0.15, -0.1) is 0 Å². The largest absolute Gasteiger partial charge is 0.273 e. The van der Waals surface area contributed by atoms with Crippen LogP contribution in [0.5, 0.6) is 0 Å². The van der Waals surface area contributed by atoms with Gasteiger partial charge in [0, 0.05) is 5.92 Å². The van der Waals surface area contributed by atoms with E-state index < -0.39 is 15.4 Å². The molecule has 0 aromatic rings. The topological polar surface area (TPSA) is 63.2 Å². The normalized spacial score (nSPS) is 38.9. The molecule has 3 rings (SSSR count). The lowest BCUT2D eigenvalue weighted by atomic mass is 10.1. The van der Waals surface area contributed by atoms with Crippen LogP contribution >= 0.6 is 0 Å². The molecule has 0 heterocycles. The summed E-state index contributed by atoms with van der Waals surface area (Å²) in [5.74, 6) is -0.0729. The van der Waals surface area contributed by atoms with Crippen molar-refractivity contribution in [2.24, 2.45) is 11.3 Å². The Balaban J connectivity index is 1.74. The van der Waals surface area contributed by atoms with Crippen molar-refractivity contribution in [3.8, 4) is 0 Å². The fourth-order valence-electron chi connectivity index (χ4n) is 1.98. The van der Waals surface area contributed by atoms with E-state index in [1.165, 1.54) is 0 Å². The first-order chi connectivity index (χ1) is 6.48. The zero-order valence-electron chi connectivity index (χ0n) is 7.62. The number of sulfonamides is 1. The van der Waals surface area contributed by atoms with Crippen LogP contribution in [0.2, 0.25) is 0 Å². The molecule has 3 saturated carbocycles. The summed E-state index contributed by atoms with van der Waals surface area (Å²) >= 11 is 0. The number of hydrogen-bond acceptors (Lipinski definition) is 3. The van der Waals surface area contributed by atoms with E-state index in [-0.39, 0.29) is 17.1 Å². The third kappa shape index (κ3) is 0.881. The van der Waals surface area contributed by atoms with E-state index in [0.29, 0.717) is 12.8 Å². The number of nitrogens with one attached hydrogen (secondary N) is 1. The van der Waals surface area contributed by atoms with Crippen LogP contribution in [-0.2, 0) is 14.8 Å². The third-order valence-electron chi connectivity index (χ3n) is 3.47. The van der Waals surface area contributed by atoms with E-state index in [1.54, 1.807) is 0 Å². The summed E-state index contributed by atoms with van der Waals surface area (Å²) in [4.78, 5) is 11.6. The van der Waals surface area contributed by atoms with Crippen molar-refractivity contribution < 1.29 is 13.2 Å². The summed E-state index contributed by atoms with van der Waals surface area (Å²) in [6.45, 7) is 3.73. The summed E-state index contributed by atoms with van der Waals surface area (Å²) in [5.41, 5.74) is 0.433. The number of amides is 1. The molecule has 0 aromatic heterocycles. The van der Waals surface area contributed by atoms with Gasteiger partial charge in [0.05, 0.1) is 10.7 Å². The van der Waals surface area contributed by atoms with Crippen molar-refractivity contribution >= 4 is 15.9 Å². The molecule has 4 nitrogen and oxygen atoms in total. The lowest BCUT2D eigenvalue weighted by Gasteiger charge is -2.07. The Kier molecular flexibility index (Phi) is 1.24. The molecule has 5 heteroatoms. The summed E-state index contributed by atoms with van der Waals surface area (Å²) in [6.07, 6.45) is 2.15. The number of carbonyl (C=O) groups is 1. The molecule has 3 aliphatic carbocycles. The number of fused-ring (bicyclic) bond motifs is 1. The van der Waals surface area contributed by atoms with Crippen LogP contribution in [0, 0.1) is 11.3 Å². The van der Waals surface area contributed by atoms with E-state index in [0.717, 1.165) is 12.0 Å². The lowest BCUT2D eigenvalue weighted by molar-refractivity contribution is -0.121. The summed E-state index contributed by atoms with van der Waals surface area (Å²) in [6, 6.07) is 0. The molecule has 3 aliphatic rings. The monoisotopic (exact) mass is 213 g/mol. The molecule has 0 aromatic carbocycles. The van der Waals surface area contributed by atoms with Gasteiger partial charge in [0.25, 0.3) is 0 Å². The molecule has 76 valence electrons. The maximum absolute atomic E-state index is 11.6. The molecule has 14 heavy (non-hydrogen) atoms. The highest BCUT2D eigenvalue weighted by atomic mass is 32.2. The SMILES string of the molecule is C=C1[C@@H]2C[C@]12C(=O)NS(=O)(=O)C1CC1. The molecule has 1 N–H and O–H groups in total. The van der Waals surface area contributed by atoms with E-state index in [4.69, 9.17) is 0 Å². The van der Waals surface area contributed by atoms with Gasteiger partial charge in [-0.1, -0.05) is 12.2 Å². The average Bonchev–Trinajstić information content (AvgIpc) is 2.87. The second-order valence-corrected chi connectivity index (χ2v) is 6.39. The van der Waals surface area contributed by atoms with Crippen LogP contribution < -0.4 is 4.72 Å². The van der Waals surface area contributed by atoms with Gasteiger partial charge in [-0.05, 0) is 19.3 Å². The fourth-order valence-corrected chi connectivity index (χ4v) is 3.34. The summed E-state index contributed by atoms with van der Waals surface area (Å²) in [5, 5.41) is -0.327. The van der Waals surface area contributed by atoms with Crippen LogP contribution in [0.3, 0.4) is 0 Å². The first-order valence-corrected chi connectivity index (χ1v) is 6.28. The maximum atomic E-state index is 11.6. The molecular weight excluding hydrogens is 202 g/mol. The minimum atomic E-state index is -3.37. The zero-order chi connectivity index (χ0) is 10.1. The van der Waals surface area contributed by atoms with Gasteiger partial charge in [-0.2, -0.15) is 0 Å². The van der Waals surface area contributed by atoms with Gasteiger partial charge in [0.2, 0.25) is 15.9 Å². The molecular formula is C9H11NO3S. The minimum absolute atomic E-state index is 0.275. The van der Waals surface area contributed by atoms with Crippen LogP contribution in [0.25, 0.3) is 0 Å². The first kappa shape index (κ1) is 8.47. The molecule has 2 atom stereocenters. The molecule has 0 saturated heterocycles. The van der Waals surface area contributed by atoms with Gasteiger partial charge in [0.15, 0.2) is 0 Å². The maximum Gasteiger partial charge on any atom is 0.244 e. The quantitative estimate of drug-likeness (QED) is 0.680. The number of carbonyl (C=O) groups excluding carboxylic acids is 1. The second kappa shape index (κ2) is 2.05. The van der Waals surface area contributed by atoms with Gasteiger partial charge in [-0.3, -0.25) is 9.52 Å². The third-order valence-corrected chi connectivity index (χ3v) is 5.29. The molecule has 0 unspecified atom stereocenters. The Hall–Kier alpha value is -0.840. The molecule has 0 radical (unpaired) electrons. The Morgan fingerprint density at radius 3 is 2.43 bits per heavy atom. The van der Waals surface area contributed by atoms with Crippen LogP contribution in [0.4, 0.5) is 0 Å². The zero-order valence-corrected chi connectivity index (χ0v) is 8.43. The van der Waals surface area contributed by atoms with Crippen molar-refractivity contribution in [3.63, 3.8) is 0 Å². The van der Waals surface area contributed by atoms with Crippen LogP contribution in [0.1, 0.15) is 19.3 Å². The summed E-state index contributed by atoms with van der Waals surface area (Å²) in [7, 11) is -3.37. The highest BCUT2D eigenvalue weighted by Gasteiger charge is 2.79. The predicted octanol–water partition coefficient (Wildman–Crippen LogP) is 0.171. The molecule has 1 amide bonds. The first-order valence-electron chi connectivity index (χ1n) is 4.74. The highest BCUT2D eigenvalue weighted by Crippen LogP contribution is 2.79. The second-order valence-electron chi connectivity index (χ2n) is 4.43. The van der Waals surface area contributed by atoms with Gasteiger partial charge >= 0.3 is 0 Å². The number of hydrogen-bond donors (Lipinski definition) is 1. The molecule has 0 bridgehead atoms. The number of rotatable bonds is 3. The van der Waals surface area contributed by atoms with Gasteiger partial charge in [0.1, 0.15) is 0 Å². The minimum Gasteiger partial charge on any atom is -0.273 e. The lowest BCUT2D eigenvalue weighted by Crippen LogP contribution is -2.36. The Labute approximate surface area is 82.4 Å². The Bertz CT molecular complexity index is 449. The van der Waals surface area contributed by atoms with Crippen molar-refractivity contribution in [2.75, 3.05) is 0 Å². The smallest absolute Gasteiger partial charge is 0.244 e. The standard InChI is InChI=1S/C9H11NO3S/c1-5-7-4-9(5,7)8(11)10-14(12,13)6-2-3-6/h6-7H,1-4H2,(H,10,11)/t7-,9-/m0/s1. The predicted molar refractivity (Wildman–Crippen MR) is 49.8 cm³/mol. The van der Waals surface area contributed by atoms with Gasteiger partial charge < -0.3 is 0 Å². The van der Waals surface area contributed by atoms with Crippen LogP contribution in [-0.4, -0.2) is 19.6 Å². The van der Waals surface area contributed by atoms with E-state index >= 15 is 0 Å². The Morgan fingerprint density at radius 1 is 1.50 bits per heavy atom. The average molecular weight is 213 g/mol. The van der Waals surface area contributed by atoms with Crippen molar-refractivity contribution in [3.05, 3.63) is 12.2 Å². The van der Waals surface area contributed by atoms with Crippen molar-refractivity contribution in [2.45, 2.75) is 24.5 Å². The Morgan fingerprint density at radius 2 is 2.07 bits per heavy atom. The molecule has 3 fully saturated rings. The van der Waals surface area contributed by atoms with Gasteiger partial charge in [-0.25, -0.2) is 8.42 Å². The molecule has 0 spiro atoms. The summed E-state index contributed by atoms with van der Waals surface area (Å²) < 4.78 is 25.0. The van der Waals surface area contributed by atoms with E-state index in [9.17, 15) is 13.2 Å². The fraction of sp³-hybridized carbons (Fsp3) is 0.667. The molecule has 0 aliphatic heterocycles. The van der Waals surface area contributed by atoms with Crippen molar-refractivity contribution in [1.29, 1.82) is 0 Å². The van der Waals surface area contributed by atoms with E-state index in [1.807, 2.05) is 0 Å². The van der Waals surface area contributed by atoms with Crippen molar-refractivity contribution in [1.82, 2.24) is 4.72 Å².